The van der Waals surface area contributed by atoms with Crippen LogP contribution in [0, 0.1) is 5.92 Å². The van der Waals surface area contributed by atoms with Crippen molar-refractivity contribution in [1.29, 1.82) is 0 Å². The predicted molar refractivity (Wildman–Crippen MR) is 72.4 cm³/mol. The van der Waals surface area contributed by atoms with Crippen LogP contribution in [0.2, 0.25) is 0 Å². The highest BCUT2D eigenvalue weighted by molar-refractivity contribution is 5.88. The fraction of sp³-hybridized carbons (Fsp3) is 0.429. The van der Waals surface area contributed by atoms with Gasteiger partial charge in [0.2, 0.25) is 5.91 Å². The summed E-state index contributed by atoms with van der Waals surface area (Å²) in [5, 5.41) is 8.90. The molecule has 3 N–H and O–H groups in total. The molecular weight excluding hydrogens is 260 g/mol. The van der Waals surface area contributed by atoms with E-state index < -0.39 is 5.97 Å². The summed E-state index contributed by atoms with van der Waals surface area (Å²) in [4.78, 5) is 24.0. The van der Waals surface area contributed by atoms with Crippen LogP contribution in [-0.2, 0) is 4.79 Å². The maximum Gasteiger partial charge on any atom is 0.335 e. The van der Waals surface area contributed by atoms with Gasteiger partial charge in [0.05, 0.1) is 5.56 Å². The fourth-order valence-electron chi connectivity index (χ4n) is 2.23. The number of hydrogen-bond donors (Lipinski definition) is 2. The van der Waals surface area contributed by atoms with Crippen molar-refractivity contribution >= 4 is 11.9 Å². The van der Waals surface area contributed by atoms with Gasteiger partial charge < -0.3 is 15.6 Å². The molecule has 1 aliphatic heterocycles. The second-order valence-electron chi connectivity index (χ2n) is 4.90. The number of carboxylic acids is 1. The highest BCUT2D eigenvalue weighted by Crippen LogP contribution is 2.18. The number of hydrogen-bond acceptors (Lipinski definition) is 4. The lowest BCUT2D eigenvalue weighted by Crippen LogP contribution is -2.40. The average Bonchev–Trinajstić information content (AvgIpc) is 2.46. The van der Waals surface area contributed by atoms with E-state index in [9.17, 15) is 9.59 Å². The van der Waals surface area contributed by atoms with Gasteiger partial charge in [-0.25, -0.2) is 4.79 Å². The average molecular weight is 278 g/mol. The quantitative estimate of drug-likeness (QED) is 0.835. The summed E-state index contributed by atoms with van der Waals surface area (Å²) in [6, 6.07) is 6.40. The molecule has 6 heteroatoms. The van der Waals surface area contributed by atoms with Gasteiger partial charge in [0.15, 0.2) is 0 Å². The van der Waals surface area contributed by atoms with E-state index in [-0.39, 0.29) is 17.4 Å². The smallest absolute Gasteiger partial charge is 0.335 e. The monoisotopic (exact) mass is 278 g/mol. The topological polar surface area (TPSA) is 92.9 Å². The SMILES string of the molecule is NC(=O)C1CCN(COc2cccc(C(=O)O)c2)CC1. The van der Waals surface area contributed by atoms with E-state index >= 15 is 0 Å². The van der Waals surface area contributed by atoms with Gasteiger partial charge in [-0.05, 0) is 31.0 Å². The number of carbonyl (C=O) groups is 2. The minimum Gasteiger partial charge on any atom is -0.478 e. The molecule has 20 heavy (non-hydrogen) atoms. The number of rotatable bonds is 5. The van der Waals surface area contributed by atoms with Crippen molar-refractivity contribution in [2.45, 2.75) is 12.8 Å². The first-order valence-corrected chi connectivity index (χ1v) is 6.54. The molecule has 1 fully saturated rings. The molecule has 108 valence electrons. The Morgan fingerprint density at radius 1 is 1.35 bits per heavy atom. The molecule has 0 spiro atoms. The molecule has 2 rings (SSSR count). The predicted octanol–water partition coefficient (Wildman–Crippen LogP) is 0.918. The van der Waals surface area contributed by atoms with Gasteiger partial charge in [-0.1, -0.05) is 6.07 Å². The normalized spacial score (nSPS) is 16.8. The highest BCUT2D eigenvalue weighted by Gasteiger charge is 2.23. The number of likely N-dealkylation sites (tertiary alicyclic amines) is 1. The minimum absolute atomic E-state index is 0.0402. The van der Waals surface area contributed by atoms with Crippen molar-refractivity contribution in [1.82, 2.24) is 4.90 Å². The van der Waals surface area contributed by atoms with Crippen LogP contribution in [0.1, 0.15) is 23.2 Å². The number of carboxylic acid groups (broad SMARTS) is 1. The van der Waals surface area contributed by atoms with Gasteiger partial charge in [0.1, 0.15) is 12.5 Å². The third-order valence-corrected chi connectivity index (χ3v) is 3.48. The fourth-order valence-corrected chi connectivity index (χ4v) is 2.23. The zero-order valence-electron chi connectivity index (χ0n) is 11.1. The number of benzene rings is 1. The maximum absolute atomic E-state index is 11.1. The zero-order valence-corrected chi connectivity index (χ0v) is 11.1. The van der Waals surface area contributed by atoms with E-state index in [1.54, 1.807) is 12.1 Å². The number of ether oxygens (including phenoxy) is 1. The van der Waals surface area contributed by atoms with Crippen LogP contribution in [0.4, 0.5) is 0 Å². The lowest BCUT2D eigenvalue weighted by atomic mass is 9.97. The lowest BCUT2D eigenvalue weighted by molar-refractivity contribution is -0.123. The van der Waals surface area contributed by atoms with Crippen molar-refractivity contribution < 1.29 is 19.4 Å². The Labute approximate surface area is 117 Å². The van der Waals surface area contributed by atoms with E-state index in [1.165, 1.54) is 12.1 Å². The molecule has 0 unspecified atom stereocenters. The summed E-state index contributed by atoms with van der Waals surface area (Å²) < 4.78 is 5.58. The number of carbonyl (C=O) groups excluding carboxylic acids is 1. The Morgan fingerprint density at radius 2 is 2.05 bits per heavy atom. The van der Waals surface area contributed by atoms with Crippen LogP contribution in [0.3, 0.4) is 0 Å². The summed E-state index contributed by atoms with van der Waals surface area (Å²) >= 11 is 0. The van der Waals surface area contributed by atoms with E-state index in [0.29, 0.717) is 12.5 Å². The lowest BCUT2D eigenvalue weighted by Gasteiger charge is -2.30. The minimum atomic E-state index is -0.974. The largest absolute Gasteiger partial charge is 0.478 e. The zero-order chi connectivity index (χ0) is 14.5. The molecule has 0 aromatic heterocycles. The summed E-state index contributed by atoms with van der Waals surface area (Å²) in [6.45, 7) is 1.90. The van der Waals surface area contributed by atoms with Gasteiger partial charge in [-0.2, -0.15) is 0 Å². The molecule has 1 aliphatic rings. The number of primary amides is 1. The molecule has 1 amide bonds. The first kappa shape index (κ1) is 14.3. The van der Waals surface area contributed by atoms with E-state index in [0.717, 1.165) is 25.9 Å². The van der Waals surface area contributed by atoms with E-state index in [4.69, 9.17) is 15.6 Å². The Morgan fingerprint density at radius 3 is 2.65 bits per heavy atom. The van der Waals surface area contributed by atoms with Crippen molar-refractivity contribution in [2.24, 2.45) is 11.7 Å². The molecule has 0 atom stereocenters. The molecule has 1 heterocycles. The van der Waals surface area contributed by atoms with Crippen LogP contribution in [0.15, 0.2) is 24.3 Å². The first-order valence-electron chi connectivity index (χ1n) is 6.54. The number of piperidine rings is 1. The molecule has 1 aromatic rings. The molecule has 0 bridgehead atoms. The van der Waals surface area contributed by atoms with Crippen molar-refractivity contribution in [3.05, 3.63) is 29.8 Å². The van der Waals surface area contributed by atoms with Crippen molar-refractivity contribution in [3.63, 3.8) is 0 Å². The molecule has 0 saturated carbocycles. The summed E-state index contributed by atoms with van der Waals surface area (Å²) in [6.07, 6.45) is 1.49. The van der Waals surface area contributed by atoms with E-state index in [1.807, 2.05) is 0 Å². The first-order chi connectivity index (χ1) is 9.56. The second kappa shape index (κ2) is 6.38. The van der Waals surface area contributed by atoms with Gasteiger partial charge in [-0.3, -0.25) is 9.69 Å². The number of nitrogens with zero attached hydrogens (tertiary/aromatic N) is 1. The summed E-state index contributed by atoms with van der Waals surface area (Å²) in [5.74, 6) is -0.721. The van der Waals surface area contributed by atoms with Gasteiger partial charge in [-0.15, -0.1) is 0 Å². The third-order valence-electron chi connectivity index (χ3n) is 3.48. The number of nitrogens with two attached hydrogens (primary N) is 1. The molecular formula is C14H18N2O4. The van der Waals surface area contributed by atoms with Gasteiger partial charge in [0.25, 0.3) is 0 Å². The standard InChI is InChI=1S/C14H18N2O4/c15-13(17)10-4-6-16(7-5-10)9-20-12-3-1-2-11(8-12)14(18)19/h1-3,8,10H,4-7,9H2,(H2,15,17)(H,18,19). The van der Waals surface area contributed by atoms with Crippen LogP contribution >= 0.6 is 0 Å². The Kier molecular flexibility index (Phi) is 4.57. The summed E-state index contributed by atoms with van der Waals surface area (Å²) in [5.41, 5.74) is 5.48. The van der Waals surface area contributed by atoms with Gasteiger partial charge >= 0.3 is 5.97 Å². The number of aromatic carboxylic acids is 1. The van der Waals surface area contributed by atoms with Crippen LogP contribution in [0.25, 0.3) is 0 Å². The summed E-state index contributed by atoms with van der Waals surface area (Å²) in [7, 11) is 0. The second-order valence-corrected chi connectivity index (χ2v) is 4.90. The van der Waals surface area contributed by atoms with Crippen LogP contribution in [-0.4, -0.2) is 41.7 Å². The highest BCUT2D eigenvalue weighted by atomic mass is 16.5. The van der Waals surface area contributed by atoms with Gasteiger partial charge in [0, 0.05) is 19.0 Å². The third kappa shape index (κ3) is 3.71. The van der Waals surface area contributed by atoms with Crippen LogP contribution < -0.4 is 10.5 Å². The molecule has 0 aliphatic carbocycles. The molecule has 1 aromatic carbocycles. The van der Waals surface area contributed by atoms with Crippen LogP contribution in [0.5, 0.6) is 5.75 Å². The maximum atomic E-state index is 11.1. The van der Waals surface area contributed by atoms with Crippen molar-refractivity contribution in [3.8, 4) is 5.75 Å². The number of amides is 1. The van der Waals surface area contributed by atoms with Crippen molar-refractivity contribution in [2.75, 3.05) is 19.8 Å². The Hall–Kier alpha value is -2.08. The Balaban J connectivity index is 1.83. The molecule has 1 saturated heterocycles. The Bertz CT molecular complexity index is 496. The molecule has 6 nitrogen and oxygen atoms in total. The molecule has 0 radical (unpaired) electrons. The van der Waals surface area contributed by atoms with E-state index in [2.05, 4.69) is 4.90 Å².